The molecule has 11 heteroatoms. The van der Waals surface area contributed by atoms with E-state index in [1.165, 1.54) is 24.5 Å². The van der Waals surface area contributed by atoms with Crippen molar-refractivity contribution in [1.82, 2.24) is 34.7 Å². The molecule has 0 spiro atoms. The van der Waals surface area contributed by atoms with E-state index in [2.05, 4.69) is 43.7 Å². The molecule has 1 N–H and O–H groups in total. The summed E-state index contributed by atoms with van der Waals surface area (Å²) < 4.78 is 42.5. The molecule has 8 nitrogen and oxygen atoms in total. The summed E-state index contributed by atoms with van der Waals surface area (Å²) in [5, 5.41) is 6.92. The smallest absolute Gasteiger partial charge is 0.326 e. The lowest BCUT2D eigenvalue weighted by molar-refractivity contribution is -0.0900. The minimum Gasteiger partial charge on any atom is -0.326 e. The summed E-state index contributed by atoms with van der Waals surface area (Å²) in [5.74, 6) is 5.48. The van der Waals surface area contributed by atoms with Gasteiger partial charge in [-0.05, 0) is 56.7 Å². The van der Waals surface area contributed by atoms with Crippen molar-refractivity contribution in [3.8, 4) is 11.8 Å². The lowest BCUT2D eigenvalue weighted by Gasteiger charge is -2.38. The quantitative estimate of drug-likeness (QED) is 0.372. The minimum atomic E-state index is -4.57. The summed E-state index contributed by atoms with van der Waals surface area (Å²) >= 11 is 0. The fraction of sp³-hybridized carbons (Fsp3) is 0.310. The largest absolute Gasteiger partial charge is 0.416 e. The number of rotatable bonds is 6. The van der Waals surface area contributed by atoms with Gasteiger partial charge in [0.15, 0.2) is 5.65 Å². The lowest BCUT2D eigenvalue weighted by atomic mass is 9.97. The maximum Gasteiger partial charge on any atom is 0.416 e. The Bertz CT molecular complexity index is 1520. The highest BCUT2D eigenvalue weighted by atomic mass is 19.4. The Hall–Kier alpha value is -4.27. The number of carbonyl (C=O) groups is 1. The SMILES string of the molecule is C=C(/C(=C\C=C(/C)NC(=O)c1cncc(C#Cc2cnc3cccnn23)c1)[C@@H](C)N1CCN(C)CC1)C(F)(F)F. The van der Waals surface area contributed by atoms with Gasteiger partial charge in [0.05, 0.1) is 17.3 Å². The highest BCUT2D eigenvalue weighted by Crippen LogP contribution is 2.33. The van der Waals surface area contributed by atoms with E-state index in [4.69, 9.17) is 0 Å². The second kappa shape index (κ2) is 12.3. The molecule has 0 radical (unpaired) electrons. The molecule has 0 aliphatic carbocycles. The number of fused-ring (bicyclic) bond motifs is 1. The average Bonchev–Trinajstić information content (AvgIpc) is 3.35. The molecule has 1 aliphatic rings. The van der Waals surface area contributed by atoms with E-state index in [-0.39, 0.29) is 11.1 Å². The van der Waals surface area contributed by atoms with Crippen LogP contribution in [0.2, 0.25) is 0 Å². The highest BCUT2D eigenvalue weighted by molar-refractivity contribution is 5.95. The third kappa shape index (κ3) is 7.02. The summed E-state index contributed by atoms with van der Waals surface area (Å²) in [5.41, 5.74) is 1.54. The number of nitrogens with zero attached hydrogens (tertiary/aromatic N) is 6. The third-order valence-corrected chi connectivity index (χ3v) is 6.66. The molecule has 0 bridgehead atoms. The molecule has 0 unspecified atom stereocenters. The van der Waals surface area contributed by atoms with Crippen LogP contribution >= 0.6 is 0 Å². The van der Waals surface area contributed by atoms with Crippen molar-refractivity contribution in [2.45, 2.75) is 26.1 Å². The van der Waals surface area contributed by atoms with Gasteiger partial charge in [-0.3, -0.25) is 14.7 Å². The summed E-state index contributed by atoms with van der Waals surface area (Å²) in [7, 11) is 1.99. The van der Waals surface area contributed by atoms with Crippen molar-refractivity contribution < 1.29 is 18.0 Å². The standard InChI is InChI=1S/C29H30F3N7O/c1-20(7-10-26(21(2)29(30,31)32)22(3)38-14-12-37(4)13-15-38)36-28(40)24-16-23(17-33-18-24)8-9-25-19-34-27-6-5-11-35-39(25)27/h5-7,10-11,16-19,22H,2,12-15H2,1,3-4H3,(H,36,40)/b20-7+,26-10+/t22-/m1/s1. The van der Waals surface area contributed by atoms with E-state index >= 15 is 0 Å². The molecule has 40 heavy (non-hydrogen) atoms. The third-order valence-electron chi connectivity index (χ3n) is 6.66. The second-order valence-corrected chi connectivity index (χ2v) is 9.57. The van der Waals surface area contributed by atoms with Crippen molar-refractivity contribution >= 4 is 11.6 Å². The second-order valence-electron chi connectivity index (χ2n) is 9.57. The number of piperazine rings is 1. The number of allylic oxidation sites excluding steroid dienone is 3. The molecule has 1 amide bonds. The van der Waals surface area contributed by atoms with Gasteiger partial charge in [0.2, 0.25) is 0 Å². The number of halogens is 3. The van der Waals surface area contributed by atoms with Crippen LogP contribution in [0.5, 0.6) is 0 Å². The van der Waals surface area contributed by atoms with Gasteiger partial charge in [0.25, 0.3) is 5.91 Å². The number of imidazole rings is 1. The summed E-state index contributed by atoms with van der Waals surface area (Å²) in [4.78, 5) is 25.4. The fourth-order valence-corrected chi connectivity index (χ4v) is 4.25. The average molecular weight is 550 g/mol. The van der Waals surface area contributed by atoms with Crippen LogP contribution in [0.25, 0.3) is 5.65 Å². The molecule has 1 aliphatic heterocycles. The summed E-state index contributed by atoms with van der Waals surface area (Å²) in [6, 6.07) is 4.68. The molecule has 1 atom stereocenters. The Morgan fingerprint density at radius 1 is 1.15 bits per heavy atom. The number of aromatic nitrogens is 4. The molecule has 0 saturated carbocycles. The van der Waals surface area contributed by atoms with Gasteiger partial charge in [-0.2, -0.15) is 18.3 Å². The molecular weight excluding hydrogens is 519 g/mol. The Morgan fingerprint density at radius 2 is 1.90 bits per heavy atom. The topological polar surface area (TPSA) is 78.7 Å². The molecule has 208 valence electrons. The highest BCUT2D eigenvalue weighted by Gasteiger charge is 2.37. The van der Waals surface area contributed by atoms with E-state index in [1.54, 1.807) is 42.9 Å². The number of hydrogen-bond acceptors (Lipinski definition) is 6. The fourth-order valence-electron chi connectivity index (χ4n) is 4.25. The van der Waals surface area contributed by atoms with E-state index in [0.717, 1.165) is 13.1 Å². The van der Waals surface area contributed by atoms with Crippen LogP contribution in [-0.2, 0) is 0 Å². The molecule has 4 heterocycles. The van der Waals surface area contributed by atoms with Crippen LogP contribution in [0.1, 0.15) is 35.5 Å². The van der Waals surface area contributed by atoms with E-state index in [9.17, 15) is 18.0 Å². The monoisotopic (exact) mass is 549 g/mol. The maximum absolute atomic E-state index is 13.6. The lowest BCUT2D eigenvalue weighted by Crippen LogP contribution is -2.49. The van der Waals surface area contributed by atoms with Crippen LogP contribution in [0.4, 0.5) is 13.2 Å². The van der Waals surface area contributed by atoms with Gasteiger partial charge in [-0.25, -0.2) is 9.50 Å². The van der Waals surface area contributed by atoms with Crippen LogP contribution in [0.15, 0.2) is 78.6 Å². The van der Waals surface area contributed by atoms with Gasteiger partial charge in [0, 0.05) is 62.1 Å². The Balaban J connectivity index is 1.49. The van der Waals surface area contributed by atoms with Crippen molar-refractivity contribution in [3.05, 3.63) is 95.4 Å². The summed E-state index contributed by atoms with van der Waals surface area (Å²) in [6.07, 6.45) is 4.44. The predicted octanol–water partition coefficient (Wildman–Crippen LogP) is 3.84. The van der Waals surface area contributed by atoms with Gasteiger partial charge in [-0.15, -0.1) is 0 Å². The van der Waals surface area contributed by atoms with Crippen LogP contribution in [0.3, 0.4) is 0 Å². The summed E-state index contributed by atoms with van der Waals surface area (Å²) in [6.45, 7) is 9.53. The van der Waals surface area contributed by atoms with Gasteiger partial charge in [0.1, 0.15) is 5.69 Å². The van der Waals surface area contributed by atoms with Crippen LogP contribution < -0.4 is 5.32 Å². The number of nitrogens with one attached hydrogen (secondary N) is 1. The van der Waals surface area contributed by atoms with Crippen LogP contribution in [-0.4, -0.2) is 80.7 Å². The molecule has 0 aromatic carbocycles. The maximum atomic E-state index is 13.6. The molecule has 4 rings (SSSR count). The predicted molar refractivity (Wildman–Crippen MR) is 146 cm³/mol. The minimum absolute atomic E-state index is 0.0616. The molecule has 1 fully saturated rings. The first-order valence-electron chi connectivity index (χ1n) is 12.7. The number of hydrogen-bond donors (Lipinski definition) is 1. The Kier molecular flexibility index (Phi) is 8.82. The molecule has 3 aromatic heterocycles. The van der Waals surface area contributed by atoms with E-state index in [1.807, 2.05) is 18.0 Å². The van der Waals surface area contributed by atoms with Crippen LogP contribution in [0, 0.1) is 11.8 Å². The molecule has 1 saturated heterocycles. The van der Waals surface area contributed by atoms with E-state index < -0.39 is 23.7 Å². The zero-order valence-corrected chi connectivity index (χ0v) is 22.5. The Labute approximate surface area is 230 Å². The van der Waals surface area contributed by atoms with Gasteiger partial charge >= 0.3 is 6.18 Å². The van der Waals surface area contributed by atoms with Crippen molar-refractivity contribution in [1.29, 1.82) is 0 Å². The number of amides is 1. The van der Waals surface area contributed by atoms with Crippen molar-refractivity contribution in [2.75, 3.05) is 33.2 Å². The zero-order valence-electron chi connectivity index (χ0n) is 22.5. The first-order valence-corrected chi connectivity index (χ1v) is 12.7. The Morgan fingerprint density at radius 3 is 2.62 bits per heavy atom. The van der Waals surface area contributed by atoms with Gasteiger partial charge in [-0.1, -0.05) is 18.6 Å². The van der Waals surface area contributed by atoms with Gasteiger partial charge < -0.3 is 10.2 Å². The normalized spacial score (nSPS) is 16.4. The number of pyridine rings is 1. The molecule has 3 aromatic rings. The number of carbonyl (C=O) groups excluding carboxylic acids is 1. The van der Waals surface area contributed by atoms with E-state index in [0.29, 0.717) is 35.7 Å². The number of likely N-dealkylation sites (N-methyl/N-ethyl adjacent to an activating group) is 1. The van der Waals surface area contributed by atoms with Crippen molar-refractivity contribution in [3.63, 3.8) is 0 Å². The van der Waals surface area contributed by atoms with Crippen molar-refractivity contribution in [2.24, 2.45) is 0 Å². The zero-order chi connectivity index (χ0) is 28.9. The molecular formula is C29H30F3N7O. The first kappa shape index (κ1) is 28.7. The first-order chi connectivity index (χ1) is 19.0. The number of alkyl halides is 3.